The van der Waals surface area contributed by atoms with Crippen molar-refractivity contribution < 1.29 is 9.90 Å². The molecule has 94 valence electrons. The Morgan fingerprint density at radius 3 is 2.53 bits per heavy atom. The minimum absolute atomic E-state index is 0.369. The molecule has 17 heavy (non-hydrogen) atoms. The third-order valence-corrected chi connectivity index (χ3v) is 3.67. The summed E-state index contributed by atoms with van der Waals surface area (Å²) in [6, 6.07) is 9.72. The van der Waals surface area contributed by atoms with Crippen molar-refractivity contribution in [3.63, 3.8) is 0 Å². The first-order valence-corrected chi connectivity index (χ1v) is 6.81. The van der Waals surface area contributed by atoms with Gasteiger partial charge in [-0.2, -0.15) is 0 Å². The predicted molar refractivity (Wildman–Crippen MR) is 71.5 cm³/mol. The minimum atomic E-state index is -0.744. The second-order valence-electron chi connectivity index (χ2n) is 3.59. The number of rotatable bonds is 3. The highest BCUT2D eigenvalue weighted by molar-refractivity contribution is 8.00. The number of thioether (sulfide) groups is 1. The number of aliphatic carboxylic acids is 1. The van der Waals surface area contributed by atoms with Crippen LogP contribution in [0.15, 0.2) is 35.2 Å². The molecule has 0 spiro atoms. The summed E-state index contributed by atoms with van der Waals surface area (Å²) in [6.45, 7) is 4.77. The standard InChI is InChI=1S/C11H13NO2S.C2H6/c13-11(14)10-6-9(7-12-10)15-8-4-2-1-3-5-8;1-2/h1-5,9-10,12H,6-7H2,(H,13,14);1-2H3. The molecule has 0 bridgehead atoms. The Morgan fingerprint density at radius 1 is 1.35 bits per heavy atom. The third-order valence-electron chi connectivity index (χ3n) is 2.43. The van der Waals surface area contributed by atoms with Gasteiger partial charge in [0, 0.05) is 16.7 Å². The van der Waals surface area contributed by atoms with Gasteiger partial charge in [-0.15, -0.1) is 11.8 Å². The summed E-state index contributed by atoms with van der Waals surface area (Å²) >= 11 is 1.75. The summed E-state index contributed by atoms with van der Waals surface area (Å²) in [7, 11) is 0. The molecule has 0 aromatic heterocycles. The highest BCUT2D eigenvalue weighted by atomic mass is 32.2. The normalized spacial score (nSPS) is 22.7. The van der Waals surface area contributed by atoms with E-state index in [0.717, 1.165) is 6.54 Å². The zero-order chi connectivity index (χ0) is 12.7. The molecule has 1 aromatic rings. The van der Waals surface area contributed by atoms with Gasteiger partial charge < -0.3 is 10.4 Å². The molecule has 2 atom stereocenters. The molecule has 2 unspecified atom stereocenters. The summed E-state index contributed by atoms with van der Waals surface area (Å²) in [4.78, 5) is 11.9. The number of hydrogen-bond donors (Lipinski definition) is 2. The molecule has 0 amide bonds. The molecule has 1 aromatic carbocycles. The van der Waals surface area contributed by atoms with Gasteiger partial charge >= 0.3 is 5.97 Å². The molecule has 1 aliphatic heterocycles. The maximum absolute atomic E-state index is 10.7. The Morgan fingerprint density at radius 2 is 2.00 bits per heavy atom. The first-order valence-electron chi connectivity index (χ1n) is 5.93. The van der Waals surface area contributed by atoms with Crippen LogP contribution in [0.25, 0.3) is 0 Å². The second kappa shape index (κ2) is 7.35. The van der Waals surface area contributed by atoms with Crippen molar-refractivity contribution in [2.75, 3.05) is 6.54 Å². The summed E-state index contributed by atoms with van der Waals surface area (Å²) in [5, 5.41) is 12.2. The molecule has 2 rings (SSSR count). The van der Waals surface area contributed by atoms with E-state index in [1.165, 1.54) is 4.90 Å². The van der Waals surface area contributed by atoms with E-state index in [2.05, 4.69) is 17.4 Å². The van der Waals surface area contributed by atoms with E-state index in [0.29, 0.717) is 11.7 Å². The Balaban J connectivity index is 0.000000686. The highest BCUT2D eigenvalue weighted by Crippen LogP contribution is 2.28. The number of carbonyl (C=O) groups is 1. The van der Waals surface area contributed by atoms with Crippen LogP contribution >= 0.6 is 11.8 Å². The quantitative estimate of drug-likeness (QED) is 0.869. The van der Waals surface area contributed by atoms with E-state index in [-0.39, 0.29) is 6.04 Å². The molecule has 3 nitrogen and oxygen atoms in total. The molecule has 4 heteroatoms. The van der Waals surface area contributed by atoms with Crippen LogP contribution in [0.5, 0.6) is 0 Å². The SMILES string of the molecule is CC.O=C(O)C1CC(Sc2ccccc2)CN1. The molecule has 1 fully saturated rings. The van der Waals surface area contributed by atoms with Crippen LogP contribution in [0.4, 0.5) is 0 Å². The van der Waals surface area contributed by atoms with Crippen molar-refractivity contribution in [2.45, 2.75) is 36.5 Å². The van der Waals surface area contributed by atoms with Crippen LogP contribution < -0.4 is 5.32 Å². The van der Waals surface area contributed by atoms with Gasteiger partial charge in [0.1, 0.15) is 6.04 Å². The van der Waals surface area contributed by atoms with Gasteiger partial charge in [-0.25, -0.2) is 0 Å². The number of benzene rings is 1. The molecule has 1 heterocycles. The molecule has 0 aliphatic carbocycles. The second-order valence-corrected chi connectivity index (χ2v) is 4.96. The van der Waals surface area contributed by atoms with Crippen LogP contribution in [-0.4, -0.2) is 28.9 Å². The molecular formula is C13H19NO2S. The van der Waals surface area contributed by atoms with Gasteiger partial charge in [0.25, 0.3) is 0 Å². The summed E-state index contributed by atoms with van der Waals surface area (Å²) < 4.78 is 0. The van der Waals surface area contributed by atoms with Gasteiger partial charge in [0.2, 0.25) is 0 Å². The molecule has 1 aliphatic rings. The lowest BCUT2D eigenvalue weighted by molar-refractivity contribution is -0.139. The zero-order valence-corrected chi connectivity index (χ0v) is 11.0. The maximum Gasteiger partial charge on any atom is 0.320 e. The molecule has 0 saturated carbocycles. The van der Waals surface area contributed by atoms with E-state index in [1.807, 2.05) is 32.0 Å². The summed E-state index contributed by atoms with van der Waals surface area (Å²) in [5.41, 5.74) is 0. The van der Waals surface area contributed by atoms with E-state index in [1.54, 1.807) is 11.8 Å². The van der Waals surface area contributed by atoms with Crippen LogP contribution in [-0.2, 0) is 4.79 Å². The molecule has 0 radical (unpaired) electrons. The van der Waals surface area contributed by atoms with Crippen molar-refractivity contribution in [3.05, 3.63) is 30.3 Å². The highest BCUT2D eigenvalue weighted by Gasteiger charge is 2.29. The van der Waals surface area contributed by atoms with E-state index >= 15 is 0 Å². The third kappa shape index (κ3) is 4.40. The van der Waals surface area contributed by atoms with Gasteiger partial charge in [-0.1, -0.05) is 32.0 Å². The first-order chi connectivity index (χ1) is 8.25. The Kier molecular flexibility index (Phi) is 6.08. The van der Waals surface area contributed by atoms with E-state index < -0.39 is 5.97 Å². The smallest absolute Gasteiger partial charge is 0.320 e. The van der Waals surface area contributed by atoms with Gasteiger partial charge in [0.05, 0.1) is 0 Å². The lowest BCUT2D eigenvalue weighted by Crippen LogP contribution is -2.29. The van der Waals surface area contributed by atoms with Crippen LogP contribution in [0.3, 0.4) is 0 Å². The maximum atomic E-state index is 10.7. The van der Waals surface area contributed by atoms with E-state index in [4.69, 9.17) is 5.11 Å². The fourth-order valence-electron chi connectivity index (χ4n) is 1.67. The summed E-state index contributed by atoms with van der Waals surface area (Å²) in [5.74, 6) is -0.744. The first kappa shape index (κ1) is 14.1. The molecular weight excluding hydrogens is 234 g/mol. The van der Waals surface area contributed by atoms with Gasteiger partial charge in [-0.3, -0.25) is 4.79 Å². The van der Waals surface area contributed by atoms with Crippen molar-refractivity contribution in [2.24, 2.45) is 0 Å². The van der Waals surface area contributed by atoms with Crippen LogP contribution in [0.1, 0.15) is 20.3 Å². The van der Waals surface area contributed by atoms with Crippen LogP contribution in [0, 0.1) is 0 Å². The monoisotopic (exact) mass is 253 g/mol. The van der Waals surface area contributed by atoms with Crippen molar-refractivity contribution in [1.29, 1.82) is 0 Å². The van der Waals surface area contributed by atoms with Crippen molar-refractivity contribution >= 4 is 17.7 Å². The fourth-order valence-corrected chi connectivity index (χ4v) is 2.84. The number of hydrogen-bond acceptors (Lipinski definition) is 3. The fraction of sp³-hybridized carbons (Fsp3) is 0.462. The van der Waals surface area contributed by atoms with Gasteiger partial charge in [-0.05, 0) is 18.6 Å². The average Bonchev–Trinajstić information content (AvgIpc) is 2.82. The molecule has 1 saturated heterocycles. The Hall–Kier alpha value is -1.00. The molecule has 2 N–H and O–H groups in total. The Labute approximate surface area is 107 Å². The lowest BCUT2D eigenvalue weighted by Gasteiger charge is -2.07. The number of carboxylic acids is 1. The largest absolute Gasteiger partial charge is 0.480 e. The Bertz CT molecular complexity index is 343. The predicted octanol–water partition coefficient (Wildman–Crippen LogP) is 2.62. The van der Waals surface area contributed by atoms with E-state index in [9.17, 15) is 4.79 Å². The van der Waals surface area contributed by atoms with Crippen LogP contribution in [0.2, 0.25) is 0 Å². The minimum Gasteiger partial charge on any atom is -0.480 e. The topological polar surface area (TPSA) is 49.3 Å². The summed E-state index contributed by atoms with van der Waals surface area (Å²) in [6.07, 6.45) is 0.703. The number of carboxylic acid groups (broad SMARTS) is 1. The number of nitrogens with one attached hydrogen (secondary N) is 1. The van der Waals surface area contributed by atoms with Gasteiger partial charge in [0.15, 0.2) is 0 Å². The van der Waals surface area contributed by atoms with Crippen molar-refractivity contribution in [1.82, 2.24) is 5.32 Å². The van der Waals surface area contributed by atoms with Crippen molar-refractivity contribution in [3.8, 4) is 0 Å². The average molecular weight is 253 g/mol. The lowest BCUT2D eigenvalue weighted by atomic mass is 10.2. The zero-order valence-electron chi connectivity index (χ0n) is 10.2.